The first-order valence-corrected chi connectivity index (χ1v) is 18.1. The Balaban J connectivity index is 1.57. The van der Waals surface area contributed by atoms with Gasteiger partial charge in [-0.3, -0.25) is 13.9 Å². The molecular weight excluding hydrogens is 639 g/mol. The van der Waals surface area contributed by atoms with E-state index in [-0.39, 0.29) is 29.8 Å². The molecule has 2 amide bonds. The lowest BCUT2D eigenvalue weighted by Crippen LogP contribution is -2.55. The van der Waals surface area contributed by atoms with Crippen molar-refractivity contribution in [1.82, 2.24) is 10.2 Å². The zero-order valence-electron chi connectivity index (χ0n) is 28.4. The van der Waals surface area contributed by atoms with Crippen molar-refractivity contribution < 1.29 is 27.5 Å². The quantitative estimate of drug-likeness (QED) is 0.167. The summed E-state index contributed by atoms with van der Waals surface area (Å²) < 4.78 is 40.5. The van der Waals surface area contributed by atoms with E-state index in [9.17, 15) is 18.0 Å². The second-order valence-electron chi connectivity index (χ2n) is 12.4. The zero-order valence-corrected chi connectivity index (χ0v) is 29.2. The fourth-order valence-corrected chi connectivity index (χ4v) is 7.59. The van der Waals surface area contributed by atoms with Gasteiger partial charge in [-0.1, -0.05) is 79.4 Å². The Morgan fingerprint density at radius 1 is 0.796 bits per heavy atom. The number of aryl methyl sites for hydroxylation is 1. The minimum atomic E-state index is -4.21. The zero-order chi connectivity index (χ0) is 34.8. The van der Waals surface area contributed by atoms with Gasteiger partial charge in [0, 0.05) is 19.0 Å². The maximum absolute atomic E-state index is 14.8. The normalized spacial score (nSPS) is 14.0. The average Bonchev–Trinajstić information content (AvgIpc) is 3.13. The molecule has 4 aromatic carbocycles. The van der Waals surface area contributed by atoms with Gasteiger partial charge >= 0.3 is 0 Å². The lowest BCUT2D eigenvalue weighted by molar-refractivity contribution is -0.140. The van der Waals surface area contributed by atoms with Gasteiger partial charge < -0.3 is 19.7 Å². The van der Waals surface area contributed by atoms with E-state index in [4.69, 9.17) is 9.47 Å². The van der Waals surface area contributed by atoms with Gasteiger partial charge in [-0.2, -0.15) is 0 Å². The summed E-state index contributed by atoms with van der Waals surface area (Å²) in [7, 11) is -1.11. The fraction of sp³-hybridized carbons (Fsp3) is 0.333. The summed E-state index contributed by atoms with van der Waals surface area (Å²) in [6.45, 7) is 1.41. The van der Waals surface area contributed by atoms with E-state index in [1.165, 1.54) is 24.1 Å². The number of nitrogens with one attached hydrogen (secondary N) is 1. The number of carbonyl (C=O) groups is 2. The van der Waals surface area contributed by atoms with E-state index in [0.29, 0.717) is 17.2 Å². The molecule has 0 radical (unpaired) electrons. The van der Waals surface area contributed by atoms with Crippen LogP contribution in [-0.4, -0.2) is 58.0 Å². The molecule has 0 heterocycles. The molecule has 0 saturated heterocycles. The second-order valence-corrected chi connectivity index (χ2v) is 14.3. The van der Waals surface area contributed by atoms with Crippen LogP contribution in [0, 0.1) is 6.92 Å². The molecule has 49 heavy (non-hydrogen) atoms. The van der Waals surface area contributed by atoms with Crippen LogP contribution in [-0.2, 0) is 32.6 Å². The Morgan fingerprint density at radius 3 is 2.10 bits per heavy atom. The first kappa shape index (κ1) is 35.5. The average molecular weight is 684 g/mol. The third-order valence-corrected chi connectivity index (χ3v) is 10.7. The topological polar surface area (TPSA) is 105 Å². The summed E-state index contributed by atoms with van der Waals surface area (Å²) in [4.78, 5) is 30.6. The Bertz CT molecular complexity index is 1790. The van der Waals surface area contributed by atoms with E-state index in [1.54, 1.807) is 43.5 Å². The number of ether oxygens (including phenoxy) is 2. The molecule has 5 rings (SSSR count). The molecule has 0 spiro atoms. The molecule has 1 atom stereocenters. The number of nitrogens with zero attached hydrogens (tertiary/aromatic N) is 2. The van der Waals surface area contributed by atoms with Crippen LogP contribution in [0.5, 0.6) is 11.5 Å². The van der Waals surface area contributed by atoms with Crippen LogP contribution >= 0.6 is 0 Å². The molecule has 0 unspecified atom stereocenters. The van der Waals surface area contributed by atoms with Gasteiger partial charge in [-0.15, -0.1) is 0 Å². The van der Waals surface area contributed by atoms with Gasteiger partial charge in [0.15, 0.2) is 0 Å². The summed E-state index contributed by atoms with van der Waals surface area (Å²) in [6.07, 6.45) is 5.23. The van der Waals surface area contributed by atoms with Gasteiger partial charge in [0.05, 0.1) is 24.8 Å². The second kappa shape index (κ2) is 16.5. The van der Waals surface area contributed by atoms with Gasteiger partial charge in [0.2, 0.25) is 11.8 Å². The van der Waals surface area contributed by atoms with Gasteiger partial charge in [0.1, 0.15) is 24.1 Å². The van der Waals surface area contributed by atoms with Crippen molar-refractivity contribution in [3.8, 4) is 11.5 Å². The first-order valence-electron chi connectivity index (χ1n) is 16.7. The highest BCUT2D eigenvalue weighted by Crippen LogP contribution is 2.28. The number of methoxy groups -OCH3 is 2. The SMILES string of the molecule is COc1ccc(N(CC(=O)N(Cc2cccc(OC)c2)[C@@H](Cc2ccccc2)C(=O)NC2CCCCC2)S(=O)(=O)c2ccc(C)cc2)cc1. The van der Waals surface area contributed by atoms with Crippen LogP contribution in [0.2, 0.25) is 0 Å². The van der Waals surface area contributed by atoms with Crippen LogP contribution in [0.1, 0.15) is 48.8 Å². The predicted octanol–water partition coefficient (Wildman–Crippen LogP) is 6.30. The van der Waals surface area contributed by atoms with E-state index < -0.39 is 28.5 Å². The molecule has 1 aliphatic rings. The first-order chi connectivity index (χ1) is 23.7. The van der Waals surface area contributed by atoms with Crippen molar-refractivity contribution in [3.63, 3.8) is 0 Å². The molecule has 1 aliphatic carbocycles. The summed E-state index contributed by atoms with van der Waals surface area (Å²) in [5.41, 5.74) is 2.83. The predicted molar refractivity (Wildman–Crippen MR) is 191 cm³/mol. The fourth-order valence-electron chi connectivity index (χ4n) is 6.18. The molecule has 1 fully saturated rings. The molecule has 10 heteroatoms. The summed E-state index contributed by atoms with van der Waals surface area (Å²) >= 11 is 0. The Kier molecular flexibility index (Phi) is 12.0. The maximum atomic E-state index is 14.8. The van der Waals surface area contributed by atoms with E-state index >= 15 is 0 Å². The van der Waals surface area contributed by atoms with E-state index in [1.807, 2.05) is 61.5 Å². The van der Waals surface area contributed by atoms with Crippen LogP contribution < -0.4 is 19.1 Å². The third kappa shape index (κ3) is 9.20. The highest BCUT2D eigenvalue weighted by Gasteiger charge is 2.35. The molecule has 9 nitrogen and oxygen atoms in total. The lowest BCUT2D eigenvalue weighted by atomic mass is 9.94. The molecule has 0 bridgehead atoms. The maximum Gasteiger partial charge on any atom is 0.264 e. The number of amides is 2. The molecular formula is C39H45N3O6S. The van der Waals surface area contributed by atoms with Crippen molar-refractivity contribution in [1.29, 1.82) is 0 Å². The number of anilines is 1. The molecule has 1 saturated carbocycles. The van der Waals surface area contributed by atoms with Crippen molar-refractivity contribution in [3.05, 3.63) is 120 Å². The smallest absolute Gasteiger partial charge is 0.264 e. The monoisotopic (exact) mass is 683 g/mol. The molecule has 0 aliphatic heterocycles. The Labute approximate surface area is 289 Å². The standard InChI is InChI=1S/C39H45N3O6S/c1-29-17-23-36(24-18-29)49(45,46)42(33-19-21-34(47-2)22-20-33)28-38(43)41(27-31-13-10-16-35(25-31)48-3)37(26-30-11-6-4-7-12-30)39(44)40-32-14-8-5-9-15-32/h4,6-7,10-13,16-25,32,37H,5,8-9,14-15,26-28H2,1-3H3,(H,40,44)/t37-/m0/s1. The van der Waals surface area contributed by atoms with Crippen molar-refractivity contribution in [2.24, 2.45) is 0 Å². The molecule has 0 aromatic heterocycles. The number of hydrogen-bond donors (Lipinski definition) is 1. The molecule has 4 aromatic rings. The van der Waals surface area contributed by atoms with Crippen LogP contribution in [0.15, 0.2) is 108 Å². The molecule has 258 valence electrons. The van der Waals surface area contributed by atoms with Gasteiger partial charge in [-0.05, 0) is 79.4 Å². The Morgan fingerprint density at radius 2 is 1.45 bits per heavy atom. The highest BCUT2D eigenvalue weighted by molar-refractivity contribution is 7.92. The summed E-state index contributed by atoms with van der Waals surface area (Å²) in [5.74, 6) is 0.376. The van der Waals surface area contributed by atoms with Gasteiger partial charge in [-0.25, -0.2) is 8.42 Å². The van der Waals surface area contributed by atoms with Crippen LogP contribution in [0.25, 0.3) is 0 Å². The van der Waals surface area contributed by atoms with E-state index in [0.717, 1.165) is 53.1 Å². The largest absolute Gasteiger partial charge is 0.497 e. The van der Waals surface area contributed by atoms with Crippen molar-refractivity contribution >= 4 is 27.5 Å². The minimum Gasteiger partial charge on any atom is -0.497 e. The van der Waals surface area contributed by atoms with Crippen molar-refractivity contribution in [2.45, 2.75) is 69.0 Å². The lowest BCUT2D eigenvalue weighted by Gasteiger charge is -2.35. The Hall–Kier alpha value is -4.83. The number of carbonyl (C=O) groups excluding carboxylic acids is 2. The minimum absolute atomic E-state index is 0.0195. The summed E-state index contributed by atoms with van der Waals surface area (Å²) in [5, 5.41) is 3.24. The number of hydrogen-bond acceptors (Lipinski definition) is 6. The van der Waals surface area contributed by atoms with E-state index in [2.05, 4.69) is 5.32 Å². The van der Waals surface area contributed by atoms with Crippen LogP contribution in [0.4, 0.5) is 5.69 Å². The number of sulfonamides is 1. The third-order valence-electron chi connectivity index (χ3n) is 8.96. The summed E-state index contributed by atoms with van der Waals surface area (Å²) in [6, 6.07) is 29.1. The highest BCUT2D eigenvalue weighted by atomic mass is 32.2. The van der Waals surface area contributed by atoms with Gasteiger partial charge in [0.25, 0.3) is 10.0 Å². The number of rotatable bonds is 14. The van der Waals surface area contributed by atoms with Crippen molar-refractivity contribution in [2.75, 3.05) is 25.1 Å². The molecule has 1 N–H and O–H groups in total. The van der Waals surface area contributed by atoms with Crippen LogP contribution in [0.3, 0.4) is 0 Å². The number of benzene rings is 4.